The standard InChI is InChI=1S/C30H30O3/c1-4-8-21-11-14-24(28(19-21)31-20-22-9-6-5-7-10-22)26-15-12-23-13-16-27-25(29(23)32-26)17-18-30(2,3)33-27/h5-7,9-19,26H,4,8,20H2,1-3H3. The van der Waals surface area contributed by atoms with Crippen molar-refractivity contribution in [2.45, 2.75) is 51.9 Å². The van der Waals surface area contributed by atoms with Gasteiger partial charge in [0.1, 0.15) is 35.6 Å². The third-order valence-corrected chi connectivity index (χ3v) is 6.07. The summed E-state index contributed by atoms with van der Waals surface area (Å²) in [5.41, 5.74) is 5.20. The Labute approximate surface area is 196 Å². The van der Waals surface area contributed by atoms with E-state index in [1.807, 2.05) is 24.3 Å². The lowest BCUT2D eigenvalue weighted by molar-refractivity contribution is 0.157. The van der Waals surface area contributed by atoms with Crippen LogP contribution in [-0.2, 0) is 13.0 Å². The molecule has 1 atom stereocenters. The predicted octanol–water partition coefficient (Wildman–Crippen LogP) is 7.55. The van der Waals surface area contributed by atoms with Gasteiger partial charge in [0.2, 0.25) is 0 Å². The van der Waals surface area contributed by atoms with Crippen molar-refractivity contribution >= 4 is 12.2 Å². The number of rotatable bonds is 6. The molecular formula is C30H30O3. The molecule has 0 N–H and O–H groups in total. The molecule has 168 valence electrons. The van der Waals surface area contributed by atoms with E-state index in [-0.39, 0.29) is 11.7 Å². The molecule has 3 heteroatoms. The molecule has 3 nitrogen and oxygen atoms in total. The van der Waals surface area contributed by atoms with Crippen molar-refractivity contribution < 1.29 is 14.2 Å². The highest BCUT2D eigenvalue weighted by Crippen LogP contribution is 2.44. The van der Waals surface area contributed by atoms with Crippen LogP contribution in [0, 0.1) is 0 Å². The van der Waals surface area contributed by atoms with Crippen LogP contribution in [0.15, 0.2) is 72.8 Å². The fraction of sp³-hybridized carbons (Fsp3) is 0.267. The first-order valence-corrected chi connectivity index (χ1v) is 11.7. The molecule has 2 heterocycles. The minimum atomic E-state index is -0.321. The first-order chi connectivity index (χ1) is 16.0. The second-order valence-electron chi connectivity index (χ2n) is 9.23. The van der Waals surface area contributed by atoms with Gasteiger partial charge < -0.3 is 14.2 Å². The van der Waals surface area contributed by atoms with E-state index in [2.05, 4.69) is 81.5 Å². The fourth-order valence-corrected chi connectivity index (χ4v) is 4.35. The Hall–Kier alpha value is -3.46. The zero-order valence-electron chi connectivity index (χ0n) is 19.5. The lowest BCUT2D eigenvalue weighted by Crippen LogP contribution is -2.27. The van der Waals surface area contributed by atoms with Crippen LogP contribution in [0.3, 0.4) is 0 Å². The number of benzene rings is 3. The van der Waals surface area contributed by atoms with Gasteiger partial charge in [0.15, 0.2) is 0 Å². The van der Waals surface area contributed by atoms with Crippen LogP contribution in [0.1, 0.15) is 61.1 Å². The van der Waals surface area contributed by atoms with Crippen molar-refractivity contribution in [1.82, 2.24) is 0 Å². The summed E-state index contributed by atoms with van der Waals surface area (Å²) < 4.78 is 19.1. The van der Waals surface area contributed by atoms with E-state index < -0.39 is 0 Å². The second-order valence-corrected chi connectivity index (χ2v) is 9.23. The number of fused-ring (bicyclic) bond motifs is 3. The number of aryl methyl sites for hydroxylation is 1. The van der Waals surface area contributed by atoms with Crippen molar-refractivity contribution in [2.24, 2.45) is 0 Å². The Morgan fingerprint density at radius 2 is 1.79 bits per heavy atom. The van der Waals surface area contributed by atoms with Gasteiger partial charge in [-0.1, -0.05) is 61.9 Å². The highest BCUT2D eigenvalue weighted by molar-refractivity contribution is 5.75. The van der Waals surface area contributed by atoms with Gasteiger partial charge >= 0.3 is 0 Å². The third kappa shape index (κ3) is 4.54. The molecule has 0 amide bonds. The molecule has 5 rings (SSSR count). The van der Waals surface area contributed by atoms with Crippen molar-refractivity contribution in [3.8, 4) is 17.2 Å². The van der Waals surface area contributed by atoms with Crippen LogP contribution >= 0.6 is 0 Å². The summed E-state index contributed by atoms with van der Waals surface area (Å²) in [4.78, 5) is 0. The molecule has 0 fully saturated rings. The van der Waals surface area contributed by atoms with Crippen LogP contribution < -0.4 is 14.2 Å². The SMILES string of the molecule is CCCc1ccc(C2C=Cc3ccc4c(c3O2)C=CC(C)(C)O4)c(OCc2ccccc2)c1. The van der Waals surface area contributed by atoms with E-state index in [0.29, 0.717) is 6.61 Å². The lowest BCUT2D eigenvalue weighted by Gasteiger charge is -2.31. The van der Waals surface area contributed by atoms with Crippen molar-refractivity contribution in [1.29, 1.82) is 0 Å². The summed E-state index contributed by atoms with van der Waals surface area (Å²) in [5.74, 6) is 2.59. The summed E-state index contributed by atoms with van der Waals surface area (Å²) in [6, 6.07) is 20.9. The molecule has 2 aliphatic rings. The van der Waals surface area contributed by atoms with Gasteiger partial charge in [0, 0.05) is 11.1 Å². The summed E-state index contributed by atoms with van der Waals surface area (Å²) in [6.45, 7) is 6.84. The van der Waals surface area contributed by atoms with E-state index in [4.69, 9.17) is 14.2 Å². The number of hydrogen-bond acceptors (Lipinski definition) is 3. The molecular weight excluding hydrogens is 408 g/mol. The first-order valence-electron chi connectivity index (χ1n) is 11.7. The average Bonchev–Trinajstić information content (AvgIpc) is 2.82. The molecule has 2 aliphatic heterocycles. The van der Waals surface area contributed by atoms with Crippen LogP contribution in [0.5, 0.6) is 17.2 Å². The maximum absolute atomic E-state index is 6.58. The molecule has 33 heavy (non-hydrogen) atoms. The zero-order valence-corrected chi connectivity index (χ0v) is 19.5. The molecule has 0 aliphatic carbocycles. The van der Waals surface area contributed by atoms with Gasteiger partial charge in [-0.25, -0.2) is 0 Å². The maximum atomic E-state index is 6.58. The molecule has 0 radical (unpaired) electrons. The molecule has 0 saturated carbocycles. The van der Waals surface area contributed by atoms with Gasteiger partial charge in [-0.15, -0.1) is 0 Å². The van der Waals surface area contributed by atoms with Gasteiger partial charge in [-0.2, -0.15) is 0 Å². The molecule has 0 aromatic heterocycles. The van der Waals surface area contributed by atoms with Crippen molar-refractivity contribution in [3.05, 3.63) is 101 Å². The molecule has 3 aromatic carbocycles. The second kappa shape index (κ2) is 8.82. The van der Waals surface area contributed by atoms with E-state index in [9.17, 15) is 0 Å². The largest absolute Gasteiger partial charge is 0.488 e. The van der Waals surface area contributed by atoms with Crippen LogP contribution in [0.2, 0.25) is 0 Å². The Kier molecular flexibility index (Phi) is 5.72. The van der Waals surface area contributed by atoms with Gasteiger partial charge in [0.05, 0.1) is 5.56 Å². The monoisotopic (exact) mass is 438 g/mol. The van der Waals surface area contributed by atoms with E-state index >= 15 is 0 Å². The Balaban J connectivity index is 1.46. The first kappa shape index (κ1) is 21.4. The Morgan fingerprint density at radius 1 is 0.939 bits per heavy atom. The van der Waals surface area contributed by atoms with Crippen molar-refractivity contribution in [2.75, 3.05) is 0 Å². The molecule has 1 unspecified atom stereocenters. The van der Waals surface area contributed by atoms with Gasteiger partial charge in [-0.3, -0.25) is 0 Å². The summed E-state index contributed by atoms with van der Waals surface area (Å²) >= 11 is 0. The summed E-state index contributed by atoms with van der Waals surface area (Å²) in [7, 11) is 0. The smallest absolute Gasteiger partial charge is 0.146 e. The topological polar surface area (TPSA) is 27.7 Å². The molecule has 0 saturated heterocycles. The van der Waals surface area contributed by atoms with Crippen LogP contribution in [0.25, 0.3) is 12.2 Å². The minimum Gasteiger partial charge on any atom is -0.488 e. The highest BCUT2D eigenvalue weighted by Gasteiger charge is 2.28. The quantitative estimate of drug-likeness (QED) is 0.398. The molecule has 3 aromatic rings. The Bertz CT molecular complexity index is 1200. The van der Waals surface area contributed by atoms with Gasteiger partial charge in [-0.05, 0) is 67.8 Å². The van der Waals surface area contributed by atoms with Gasteiger partial charge in [0.25, 0.3) is 0 Å². The molecule has 0 bridgehead atoms. The number of hydrogen-bond donors (Lipinski definition) is 0. The summed E-state index contributed by atoms with van der Waals surface area (Å²) in [6.07, 6.45) is 10.3. The maximum Gasteiger partial charge on any atom is 0.146 e. The van der Waals surface area contributed by atoms with E-state index in [1.54, 1.807) is 0 Å². The van der Waals surface area contributed by atoms with Crippen molar-refractivity contribution in [3.63, 3.8) is 0 Å². The predicted molar refractivity (Wildman–Crippen MR) is 134 cm³/mol. The van der Waals surface area contributed by atoms with Crippen LogP contribution in [0.4, 0.5) is 0 Å². The van der Waals surface area contributed by atoms with E-state index in [0.717, 1.165) is 52.3 Å². The normalized spacial score (nSPS) is 17.5. The number of ether oxygens (including phenoxy) is 3. The molecule has 0 spiro atoms. The average molecular weight is 439 g/mol. The summed E-state index contributed by atoms with van der Waals surface area (Å²) in [5, 5.41) is 0. The van der Waals surface area contributed by atoms with E-state index in [1.165, 1.54) is 5.56 Å². The minimum absolute atomic E-state index is 0.228. The zero-order chi connectivity index (χ0) is 22.8. The lowest BCUT2D eigenvalue weighted by atomic mass is 9.96. The van der Waals surface area contributed by atoms with Crippen LogP contribution in [-0.4, -0.2) is 5.60 Å². The third-order valence-electron chi connectivity index (χ3n) is 6.07. The Morgan fingerprint density at radius 3 is 2.61 bits per heavy atom. The fourth-order valence-electron chi connectivity index (χ4n) is 4.35. The highest BCUT2D eigenvalue weighted by atomic mass is 16.5.